The summed E-state index contributed by atoms with van der Waals surface area (Å²) in [5.41, 5.74) is 0.943. The number of fused-ring (bicyclic) bond motifs is 2. The molecular formula is C23H23N3O5. The number of para-hydroxylation sites is 2. The van der Waals surface area contributed by atoms with E-state index in [2.05, 4.69) is 4.90 Å². The number of benzene rings is 2. The van der Waals surface area contributed by atoms with Crippen LogP contribution in [-0.4, -0.2) is 84.4 Å². The maximum Gasteiger partial charge on any atom is 0.267 e. The van der Waals surface area contributed by atoms with Crippen molar-refractivity contribution in [2.75, 3.05) is 45.9 Å². The molecular weight excluding hydrogens is 398 g/mol. The molecule has 1 fully saturated rings. The first-order chi connectivity index (χ1) is 15.1. The molecule has 0 aromatic heterocycles. The van der Waals surface area contributed by atoms with E-state index in [1.165, 1.54) is 4.90 Å². The van der Waals surface area contributed by atoms with Gasteiger partial charge >= 0.3 is 0 Å². The summed E-state index contributed by atoms with van der Waals surface area (Å²) in [6, 6.07) is 14.3. The molecule has 1 atom stereocenters. The van der Waals surface area contributed by atoms with Crippen LogP contribution in [0.4, 0.5) is 0 Å². The molecule has 5 rings (SSSR count). The highest BCUT2D eigenvalue weighted by molar-refractivity contribution is 6.21. The predicted molar refractivity (Wildman–Crippen MR) is 111 cm³/mol. The van der Waals surface area contributed by atoms with E-state index in [9.17, 15) is 14.4 Å². The molecule has 0 aliphatic carbocycles. The van der Waals surface area contributed by atoms with E-state index in [1.807, 2.05) is 18.2 Å². The molecule has 3 aliphatic heterocycles. The lowest BCUT2D eigenvalue weighted by Gasteiger charge is -2.37. The molecule has 3 aliphatic rings. The van der Waals surface area contributed by atoms with Crippen LogP contribution in [0.2, 0.25) is 0 Å². The summed E-state index contributed by atoms with van der Waals surface area (Å²) in [4.78, 5) is 43.1. The summed E-state index contributed by atoms with van der Waals surface area (Å²) < 4.78 is 11.5. The average molecular weight is 421 g/mol. The molecule has 3 heterocycles. The first kappa shape index (κ1) is 19.6. The van der Waals surface area contributed by atoms with Crippen LogP contribution in [0, 0.1) is 0 Å². The fourth-order valence-electron chi connectivity index (χ4n) is 4.22. The van der Waals surface area contributed by atoms with Crippen molar-refractivity contribution >= 4 is 17.7 Å². The largest absolute Gasteiger partial charge is 0.485 e. The van der Waals surface area contributed by atoms with Crippen LogP contribution in [0.1, 0.15) is 20.7 Å². The molecule has 0 radical (unpaired) electrons. The minimum absolute atomic E-state index is 0.0745. The predicted octanol–water partition coefficient (Wildman–Crippen LogP) is 1.27. The van der Waals surface area contributed by atoms with Crippen molar-refractivity contribution in [2.45, 2.75) is 6.10 Å². The number of carbonyl (C=O) groups excluding carboxylic acids is 3. The van der Waals surface area contributed by atoms with Gasteiger partial charge in [0.1, 0.15) is 6.61 Å². The van der Waals surface area contributed by atoms with E-state index >= 15 is 0 Å². The van der Waals surface area contributed by atoms with Gasteiger partial charge in [-0.3, -0.25) is 24.2 Å². The number of ether oxygens (including phenoxy) is 2. The summed E-state index contributed by atoms with van der Waals surface area (Å²) in [7, 11) is 0. The van der Waals surface area contributed by atoms with Gasteiger partial charge in [-0.05, 0) is 24.3 Å². The molecule has 8 nitrogen and oxygen atoms in total. The van der Waals surface area contributed by atoms with Gasteiger partial charge in [0.05, 0.1) is 11.1 Å². The van der Waals surface area contributed by atoms with Crippen molar-refractivity contribution in [2.24, 2.45) is 0 Å². The van der Waals surface area contributed by atoms with Crippen molar-refractivity contribution < 1.29 is 23.9 Å². The van der Waals surface area contributed by atoms with Crippen molar-refractivity contribution in [1.29, 1.82) is 0 Å². The van der Waals surface area contributed by atoms with Gasteiger partial charge in [0, 0.05) is 39.3 Å². The first-order valence-corrected chi connectivity index (χ1v) is 10.5. The maximum absolute atomic E-state index is 12.9. The fraction of sp³-hybridized carbons (Fsp3) is 0.348. The van der Waals surface area contributed by atoms with E-state index in [4.69, 9.17) is 9.47 Å². The van der Waals surface area contributed by atoms with Gasteiger partial charge in [-0.1, -0.05) is 24.3 Å². The Morgan fingerprint density at radius 1 is 0.839 bits per heavy atom. The summed E-state index contributed by atoms with van der Waals surface area (Å²) in [6.07, 6.45) is -0.639. The molecule has 0 unspecified atom stereocenters. The number of hydrogen-bond donors (Lipinski definition) is 0. The van der Waals surface area contributed by atoms with E-state index in [0.29, 0.717) is 61.9 Å². The molecule has 160 valence electrons. The van der Waals surface area contributed by atoms with Crippen LogP contribution in [0.15, 0.2) is 48.5 Å². The molecule has 0 bridgehead atoms. The van der Waals surface area contributed by atoms with Crippen molar-refractivity contribution in [3.63, 3.8) is 0 Å². The molecule has 0 spiro atoms. The molecule has 0 N–H and O–H groups in total. The number of piperazine rings is 1. The lowest BCUT2D eigenvalue weighted by Crippen LogP contribution is -2.54. The molecule has 2 aromatic rings. The van der Waals surface area contributed by atoms with Gasteiger partial charge in [0.15, 0.2) is 11.5 Å². The second-order valence-corrected chi connectivity index (χ2v) is 7.84. The lowest BCUT2D eigenvalue weighted by molar-refractivity contribution is -0.143. The first-order valence-electron chi connectivity index (χ1n) is 10.5. The SMILES string of the molecule is O=C([C@@H]1COc2ccccc2O1)N1CCN(CCN2C(=O)c3ccccc3C2=O)CC1. The van der Waals surface area contributed by atoms with Crippen LogP contribution in [0.5, 0.6) is 11.5 Å². The maximum atomic E-state index is 12.9. The van der Waals surface area contributed by atoms with Crippen molar-refractivity contribution in [1.82, 2.24) is 14.7 Å². The Balaban J connectivity index is 1.12. The van der Waals surface area contributed by atoms with Crippen LogP contribution >= 0.6 is 0 Å². The van der Waals surface area contributed by atoms with Gasteiger partial charge in [-0.25, -0.2) is 0 Å². The van der Waals surface area contributed by atoms with Gasteiger partial charge < -0.3 is 14.4 Å². The van der Waals surface area contributed by atoms with E-state index in [0.717, 1.165) is 0 Å². The van der Waals surface area contributed by atoms with Gasteiger partial charge in [0.25, 0.3) is 17.7 Å². The van der Waals surface area contributed by atoms with Crippen molar-refractivity contribution in [3.8, 4) is 11.5 Å². The monoisotopic (exact) mass is 421 g/mol. The van der Waals surface area contributed by atoms with Crippen LogP contribution < -0.4 is 9.47 Å². The second kappa shape index (κ2) is 8.03. The second-order valence-electron chi connectivity index (χ2n) is 7.84. The van der Waals surface area contributed by atoms with Crippen LogP contribution in [0.3, 0.4) is 0 Å². The molecule has 2 aromatic carbocycles. The summed E-state index contributed by atoms with van der Waals surface area (Å²) in [6.45, 7) is 3.64. The molecule has 3 amide bonds. The third kappa shape index (κ3) is 3.63. The van der Waals surface area contributed by atoms with E-state index in [1.54, 1.807) is 35.2 Å². The summed E-state index contributed by atoms with van der Waals surface area (Å²) >= 11 is 0. The Hall–Kier alpha value is -3.39. The highest BCUT2D eigenvalue weighted by Crippen LogP contribution is 2.31. The Morgan fingerprint density at radius 3 is 2.13 bits per heavy atom. The van der Waals surface area contributed by atoms with Crippen LogP contribution in [-0.2, 0) is 4.79 Å². The van der Waals surface area contributed by atoms with E-state index in [-0.39, 0.29) is 24.3 Å². The highest BCUT2D eigenvalue weighted by atomic mass is 16.6. The van der Waals surface area contributed by atoms with E-state index < -0.39 is 6.10 Å². The normalized spacial score (nSPS) is 20.7. The van der Waals surface area contributed by atoms with Gasteiger partial charge in [0.2, 0.25) is 6.10 Å². The Bertz CT molecular complexity index is 996. The zero-order valence-electron chi connectivity index (χ0n) is 17.0. The zero-order valence-corrected chi connectivity index (χ0v) is 17.0. The Morgan fingerprint density at radius 2 is 1.45 bits per heavy atom. The molecule has 0 saturated carbocycles. The summed E-state index contributed by atoms with van der Waals surface area (Å²) in [5, 5.41) is 0. The van der Waals surface area contributed by atoms with Gasteiger partial charge in [-0.15, -0.1) is 0 Å². The lowest BCUT2D eigenvalue weighted by atomic mass is 10.1. The Kier molecular flexibility index (Phi) is 5.07. The minimum atomic E-state index is -0.639. The number of imide groups is 1. The number of nitrogens with zero attached hydrogens (tertiary/aromatic N) is 3. The number of carbonyl (C=O) groups is 3. The third-order valence-electron chi connectivity index (χ3n) is 5.99. The highest BCUT2D eigenvalue weighted by Gasteiger charge is 2.36. The number of hydrogen-bond acceptors (Lipinski definition) is 6. The average Bonchev–Trinajstić information content (AvgIpc) is 3.07. The minimum Gasteiger partial charge on any atom is -0.485 e. The quantitative estimate of drug-likeness (QED) is 0.692. The molecule has 8 heteroatoms. The smallest absolute Gasteiger partial charge is 0.267 e. The third-order valence-corrected chi connectivity index (χ3v) is 5.99. The summed E-state index contributed by atoms with van der Waals surface area (Å²) in [5.74, 6) is 0.707. The molecule has 1 saturated heterocycles. The van der Waals surface area contributed by atoms with Crippen LogP contribution in [0.25, 0.3) is 0 Å². The number of rotatable bonds is 4. The van der Waals surface area contributed by atoms with Crippen molar-refractivity contribution in [3.05, 3.63) is 59.7 Å². The Labute approximate surface area is 179 Å². The standard InChI is InChI=1S/C23H23N3O5/c27-21-16-5-1-2-6-17(16)22(28)26(21)14-11-24-9-12-25(13-10-24)23(29)20-15-30-18-7-3-4-8-19(18)31-20/h1-8,20H,9-15H2/t20-/m0/s1. The van der Waals surface area contributed by atoms with Gasteiger partial charge in [-0.2, -0.15) is 0 Å². The molecule has 31 heavy (non-hydrogen) atoms. The number of amides is 3. The fourth-order valence-corrected chi connectivity index (χ4v) is 4.22. The topological polar surface area (TPSA) is 79.4 Å². The zero-order chi connectivity index (χ0) is 21.4.